The van der Waals surface area contributed by atoms with Crippen molar-refractivity contribution in [2.45, 2.75) is 122 Å². The van der Waals surface area contributed by atoms with Crippen LogP contribution in [0, 0.1) is 17.3 Å². The van der Waals surface area contributed by atoms with Crippen molar-refractivity contribution in [2.24, 2.45) is 23.0 Å². The van der Waals surface area contributed by atoms with Crippen LogP contribution in [0.25, 0.3) is 0 Å². The molecule has 9 N–H and O–H groups in total. The molecule has 1 amide bonds. The Hall–Kier alpha value is -3.22. The van der Waals surface area contributed by atoms with E-state index in [-0.39, 0.29) is 37.9 Å². The number of aliphatic hydroxyl groups is 5. The number of hydrogen-bond donors (Lipinski definition) is 8. The van der Waals surface area contributed by atoms with Crippen molar-refractivity contribution in [3.63, 3.8) is 0 Å². The molecule has 8 atom stereocenters. The first-order chi connectivity index (χ1) is 25.1. The van der Waals surface area contributed by atoms with Crippen LogP contribution < -0.4 is 16.4 Å². The molecule has 1 heterocycles. The van der Waals surface area contributed by atoms with Gasteiger partial charge in [0.1, 0.15) is 12.2 Å². The summed E-state index contributed by atoms with van der Waals surface area (Å²) in [6.07, 6.45) is 9.84. The van der Waals surface area contributed by atoms with E-state index in [2.05, 4.69) is 37.1 Å². The molecule has 1 aromatic carbocycles. The number of allylic oxidation sites excluding steroid dienone is 8. The maximum atomic E-state index is 14.3. The van der Waals surface area contributed by atoms with Gasteiger partial charge in [-0.05, 0) is 120 Å². The van der Waals surface area contributed by atoms with Crippen LogP contribution in [0.2, 0.25) is 0 Å². The molecular formula is C43H63N3O7. The average molecular weight is 734 g/mol. The van der Waals surface area contributed by atoms with Crippen LogP contribution in [0.5, 0.6) is 0 Å². The Morgan fingerprint density at radius 3 is 2.60 bits per heavy atom. The molecule has 4 rings (SSSR count). The SMILES string of the molecule is C=C(C=CC=C(CO)[C@H]1CC[C@@]2([C@H](CCCO)C(=C(C)C(=O)Cc3cccc4c3[C@@H](NC[C@H](C)O)C(=O)N[C@@H]4N)CC[C@@]2(C)O)[C@@H]1O)CCC=C(C)C. The Labute approximate surface area is 315 Å². The van der Waals surface area contributed by atoms with Crippen molar-refractivity contribution in [3.05, 3.63) is 93.6 Å². The topological polar surface area (TPSA) is 185 Å². The zero-order chi connectivity index (χ0) is 39.1. The quantitative estimate of drug-likeness (QED) is 0.0679. The van der Waals surface area contributed by atoms with Crippen molar-refractivity contribution in [3.8, 4) is 0 Å². The molecule has 1 aliphatic heterocycles. The lowest BCUT2D eigenvalue weighted by molar-refractivity contribution is -0.167. The van der Waals surface area contributed by atoms with Crippen LogP contribution in [0.4, 0.5) is 0 Å². The Morgan fingerprint density at radius 2 is 1.94 bits per heavy atom. The molecule has 10 nitrogen and oxygen atoms in total. The molecule has 10 heteroatoms. The number of Topliss-reactive ketones (excluding diaryl/α,β-unsaturated/α-hetero) is 1. The van der Waals surface area contributed by atoms with Crippen LogP contribution in [0.1, 0.15) is 115 Å². The fraction of sp³-hybridized carbons (Fsp3) is 0.581. The van der Waals surface area contributed by atoms with Crippen LogP contribution in [0.15, 0.2) is 76.9 Å². The van der Waals surface area contributed by atoms with Gasteiger partial charge in [0.05, 0.1) is 24.4 Å². The molecule has 292 valence electrons. The number of rotatable bonds is 16. The molecule has 0 bridgehead atoms. The molecule has 0 radical (unpaired) electrons. The van der Waals surface area contributed by atoms with E-state index in [4.69, 9.17) is 5.73 Å². The van der Waals surface area contributed by atoms with Crippen LogP contribution >= 0.6 is 0 Å². The summed E-state index contributed by atoms with van der Waals surface area (Å²) in [5, 5.41) is 60.8. The lowest BCUT2D eigenvalue weighted by Crippen LogP contribution is -2.59. The lowest BCUT2D eigenvalue weighted by Gasteiger charge is -2.55. The Morgan fingerprint density at radius 1 is 1.21 bits per heavy atom. The summed E-state index contributed by atoms with van der Waals surface area (Å²) in [5.41, 5.74) is 10.4. The largest absolute Gasteiger partial charge is 0.396 e. The number of nitrogens with one attached hydrogen (secondary N) is 2. The number of ketones is 1. The molecule has 2 saturated carbocycles. The summed E-state index contributed by atoms with van der Waals surface area (Å²) in [4.78, 5) is 27.4. The molecule has 1 aromatic rings. The number of hydrogen-bond acceptors (Lipinski definition) is 9. The third-order valence-electron chi connectivity index (χ3n) is 12.0. The smallest absolute Gasteiger partial charge is 0.243 e. The second kappa shape index (κ2) is 18.4. The van der Waals surface area contributed by atoms with Crippen LogP contribution in [0.3, 0.4) is 0 Å². The fourth-order valence-electron chi connectivity index (χ4n) is 9.12. The number of fused-ring (bicyclic) bond motifs is 1. The van der Waals surface area contributed by atoms with Crippen molar-refractivity contribution >= 4 is 11.7 Å². The molecule has 0 aromatic heterocycles. The third-order valence-corrected chi connectivity index (χ3v) is 12.0. The summed E-state index contributed by atoms with van der Waals surface area (Å²) in [7, 11) is 0. The standard InChI is InChI=1S/C43H63N3O7/c1-26(2)11-7-12-27(3)13-8-15-31(25-48)33-19-21-43(39(33)51)35(17-10-22-47)32(18-20-42(43,6)53)29(5)36(50)23-30-14-9-16-34-37(30)38(45-24-28(4)49)41(52)46-40(34)44/h8-9,11,13-16,28,33,35,38-40,45,47-49,51,53H,3,7,10,12,17-25,44H2,1-2,4-6H3,(H,46,52)/t28-,33+,35+,38+,39+,40-,42+,43+/m0/s1. The van der Waals surface area contributed by atoms with E-state index in [9.17, 15) is 35.1 Å². The van der Waals surface area contributed by atoms with Crippen LogP contribution in [-0.4, -0.2) is 74.8 Å². The summed E-state index contributed by atoms with van der Waals surface area (Å²) in [6.45, 7) is 13.3. The maximum Gasteiger partial charge on any atom is 0.243 e. The highest BCUT2D eigenvalue weighted by molar-refractivity contribution is 5.98. The molecule has 3 aliphatic rings. The van der Waals surface area contributed by atoms with E-state index in [1.54, 1.807) is 13.8 Å². The summed E-state index contributed by atoms with van der Waals surface area (Å²) >= 11 is 0. The highest BCUT2D eigenvalue weighted by atomic mass is 16.3. The Bertz CT molecular complexity index is 1620. The van der Waals surface area contributed by atoms with Gasteiger partial charge in [0.25, 0.3) is 0 Å². The van der Waals surface area contributed by atoms with Crippen molar-refractivity contribution in [1.82, 2.24) is 10.6 Å². The van der Waals surface area contributed by atoms with Gasteiger partial charge in [-0.25, -0.2) is 0 Å². The Balaban J connectivity index is 1.68. The number of benzene rings is 1. The number of nitrogens with two attached hydrogens (primary N) is 1. The number of aliphatic hydroxyl groups excluding tert-OH is 4. The first kappa shape index (κ1) is 42.5. The van der Waals surface area contributed by atoms with Gasteiger partial charge in [-0.1, -0.05) is 65.8 Å². The first-order valence-electron chi connectivity index (χ1n) is 19.2. The maximum absolute atomic E-state index is 14.3. The minimum Gasteiger partial charge on any atom is -0.396 e. The zero-order valence-electron chi connectivity index (χ0n) is 32.3. The van der Waals surface area contributed by atoms with E-state index in [0.29, 0.717) is 66.4 Å². The molecule has 1 spiro atoms. The normalized spacial score (nSPS) is 30.3. The zero-order valence-corrected chi connectivity index (χ0v) is 32.3. The molecular weight excluding hydrogens is 670 g/mol. The predicted octanol–water partition coefficient (Wildman–Crippen LogP) is 4.68. The van der Waals surface area contributed by atoms with E-state index in [0.717, 1.165) is 24.0 Å². The van der Waals surface area contributed by atoms with Gasteiger partial charge in [-0.3, -0.25) is 14.9 Å². The summed E-state index contributed by atoms with van der Waals surface area (Å²) in [6, 6.07) is 4.69. The van der Waals surface area contributed by atoms with Gasteiger partial charge >= 0.3 is 0 Å². The van der Waals surface area contributed by atoms with Crippen LogP contribution in [-0.2, 0) is 16.0 Å². The molecule has 0 unspecified atom stereocenters. The van der Waals surface area contributed by atoms with E-state index in [1.165, 1.54) is 5.57 Å². The van der Waals surface area contributed by atoms with Gasteiger partial charge in [0, 0.05) is 30.9 Å². The second-order valence-electron chi connectivity index (χ2n) is 15.9. The minimum atomic E-state index is -1.27. The van der Waals surface area contributed by atoms with Crippen molar-refractivity contribution < 1.29 is 35.1 Å². The van der Waals surface area contributed by atoms with E-state index < -0.39 is 47.3 Å². The van der Waals surface area contributed by atoms with E-state index >= 15 is 0 Å². The minimum absolute atomic E-state index is 0.00994. The predicted molar refractivity (Wildman–Crippen MR) is 208 cm³/mol. The average Bonchev–Trinajstić information content (AvgIpc) is 3.44. The van der Waals surface area contributed by atoms with Gasteiger partial charge in [0.15, 0.2) is 5.78 Å². The number of amides is 1. The van der Waals surface area contributed by atoms with Gasteiger partial charge in [-0.15, -0.1) is 0 Å². The van der Waals surface area contributed by atoms with Gasteiger partial charge in [-0.2, -0.15) is 0 Å². The monoisotopic (exact) mass is 733 g/mol. The van der Waals surface area contributed by atoms with Crippen molar-refractivity contribution in [1.29, 1.82) is 0 Å². The number of carbonyl (C=O) groups excluding carboxylic acids is 2. The van der Waals surface area contributed by atoms with Gasteiger partial charge < -0.3 is 36.6 Å². The van der Waals surface area contributed by atoms with Gasteiger partial charge in [0.2, 0.25) is 5.91 Å². The Kier molecular flexibility index (Phi) is 14.8. The molecule has 2 fully saturated rings. The highest BCUT2D eigenvalue weighted by Crippen LogP contribution is 2.63. The highest BCUT2D eigenvalue weighted by Gasteiger charge is 2.64. The second-order valence-corrected chi connectivity index (χ2v) is 15.9. The molecule has 2 aliphatic carbocycles. The fourth-order valence-corrected chi connectivity index (χ4v) is 9.12. The molecule has 53 heavy (non-hydrogen) atoms. The summed E-state index contributed by atoms with van der Waals surface area (Å²) < 4.78 is 0. The first-order valence-corrected chi connectivity index (χ1v) is 19.2. The third kappa shape index (κ3) is 9.36. The lowest BCUT2D eigenvalue weighted by atomic mass is 9.52. The van der Waals surface area contributed by atoms with Crippen molar-refractivity contribution in [2.75, 3.05) is 19.8 Å². The number of carbonyl (C=O) groups is 2. The summed E-state index contributed by atoms with van der Waals surface area (Å²) in [5.74, 6) is -1.26. The molecule has 0 saturated heterocycles. The van der Waals surface area contributed by atoms with E-state index in [1.807, 2.05) is 43.4 Å².